The van der Waals surface area contributed by atoms with Crippen LogP contribution >= 0.6 is 0 Å². The Balaban J connectivity index is 1.56. The van der Waals surface area contributed by atoms with Gasteiger partial charge in [-0.2, -0.15) is 0 Å². The van der Waals surface area contributed by atoms with E-state index in [9.17, 15) is 12.3 Å². The molecule has 204 valence electrons. The minimum atomic E-state index is -1.02. The third kappa shape index (κ3) is 3.85. The van der Waals surface area contributed by atoms with Crippen molar-refractivity contribution in [3.8, 4) is 33.4 Å². The summed E-state index contributed by atoms with van der Waals surface area (Å²) in [5.41, 5.74) is -3.91. The summed E-state index contributed by atoms with van der Waals surface area (Å²) in [6.07, 6.45) is 0. The molecule has 0 unspecified atom stereocenters. The molecule has 0 atom stereocenters. The van der Waals surface area contributed by atoms with E-state index in [4.69, 9.17) is 23.3 Å². The molecular formula is C44H28. The van der Waals surface area contributed by atoms with E-state index >= 15 is 0 Å². The first-order chi connectivity index (χ1) is 32.6. The lowest BCUT2D eigenvalue weighted by molar-refractivity contribution is 1.63. The summed E-state index contributed by atoms with van der Waals surface area (Å²) < 4.78 is 233. The number of benzene rings is 9. The molecule has 0 heteroatoms. The van der Waals surface area contributed by atoms with E-state index in [1.165, 1.54) is 0 Å². The zero-order valence-corrected chi connectivity index (χ0v) is 22.2. The van der Waals surface area contributed by atoms with Crippen molar-refractivity contribution in [3.05, 3.63) is 169 Å². The molecule has 0 nitrogen and oxygen atoms in total. The minimum Gasteiger partial charge on any atom is -0.0616 e. The van der Waals surface area contributed by atoms with Crippen LogP contribution in [0.5, 0.6) is 0 Å². The number of rotatable bonds is 3. The summed E-state index contributed by atoms with van der Waals surface area (Å²) in [5.74, 6) is 0. The fourth-order valence-corrected chi connectivity index (χ4v) is 5.39. The first-order valence-corrected chi connectivity index (χ1v) is 13.2. The van der Waals surface area contributed by atoms with Crippen molar-refractivity contribution in [1.82, 2.24) is 0 Å². The highest BCUT2D eigenvalue weighted by Gasteiger charge is 2.18. The summed E-state index contributed by atoms with van der Waals surface area (Å²) in [6, 6.07) is -19.7. The molecule has 9 aromatic rings. The molecule has 0 fully saturated rings. The van der Waals surface area contributed by atoms with Gasteiger partial charge in [0.05, 0.1) is 35.6 Å². The van der Waals surface area contributed by atoms with E-state index in [0.717, 1.165) is 12.1 Å². The van der Waals surface area contributed by atoms with Crippen LogP contribution in [-0.4, -0.2) is 0 Å². The van der Waals surface area contributed by atoms with Gasteiger partial charge < -0.3 is 0 Å². The molecular weight excluding hydrogens is 528 g/mol. The topological polar surface area (TPSA) is 0 Å². The van der Waals surface area contributed by atoms with Gasteiger partial charge in [-0.3, -0.25) is 0 Å². The zero-order valence-electron chi connectivity index (χ0n) is 48.2. The van der Waals surface area contributed by atoms with Gasteiger partial charge in [-0.15, -0.1) is 0 Å². The van der Waals surface area contributed by atoms with Crippen molar-refractivity contribution < 1.29 is 35.6 Å². The van der Waals surface area contributed by atoms with Crippen LogP contribution in [0.2, 0.25) is 0 Å². The Morgan fingerprint density at radius 3 is 1.70 bits per heavy atom. The molecule has 0 aliphatic heterocycles. The molecule has 0 saturated carbocycles. The molecule has 0 saturated heterocycles. The molecule has 0 aliphatic rings. The van der Waals surface area contributed by atoms with Crippen LogP contribution in [0.25, 0.3) is 87.2 Å². The van der Waals surface area contributed by atoms with Gasteiger partial charge in [0.15, 0.2) is 0 Å². The lowest BCUT2D eigenvalue weighted by Crippen LogP contribution is -1.92. The SMILES string of the molecule is [2H]c1cc2c(-c3c4c([2H])c([2H])c([2H])cc4c(-c4c([2H])c([2H])c([2H])c(-c5c([2H])c([2H])c6c(c5[2H])c([2H])c([2H])c5c([2H])c([2H])c([2H])c([2H])c56)c4[2H])c4c([2H])c([2H])c([2H])c([2H])c34)c([2H])c([2H])c([2H])c2c([2H])c1[2H]. The smallest absolute Gasteiger partial charge is 0.0616 e. The molecule has 0 radical (unpaired) electrons. The lowest BCUT2D eigenvalue weighted by atomic mass is 9.84. The first-order valence-electron chi connectivity index (χ1n) is 26.2. The van der Waals surface area contributed by atoms with E-state index in [1.54, 1.807) is 0 Å². The van der Waals surface area contributed by atoms with Crippen molar-refractivity contribution in [2.45, 2.75) is 0 Å². The molecule has 44 heavy (non-hydrogen) atoms. The van der Waals surface area contributed by atoms with Gasteiger partial charge in [0.1, 0.15) is 0 Å². The van der Waals surface area contributed by atoms with E-state index in [2.05, 4.69) is 0 Å². The molecule has 0 N–H and O–H groups in total. The van der Waals surface area contributed by atoms with Gasteiger partial charge in [0, 0.05) is 0 Å². The van der Waals surface area contributed by atoms with Crippen LogP contribution in [0, 0.1) is 0 Å². The van der Waals surface area contributed by atoms with Crippen molar-refractivity contribution in [2.24, 2.45) is 0 Å². The predicted octanol–water partition coefficient (Wildman–Crippen LogP) is 12.5. The van der Waals surface area contributed by atoms with Gasteiger partial charge in [-0.1, -0.05) is 157 Å². The second kappa shape index (κ2) is 9.93. The molecule has 0 aromatic heterocycles. The second-order valence-electron chi connectivity index (χ2n) is 9.65. The van der Waals surface area contributed by atoms with E-state index in [0.29, 0.717) is 0 Å². The van der Waals surface area contributed by atoms with Crippen LogP contribution < -0.4 is 0 Å². The Bertz CT molecular complexity index is 4000. The number of hydrogen-bond donors (Lipinski definition) is 0. The average Bonchev–Trinajstić information content (AvgIpc) is 3.31. The van der Waals surface area contributed by atoms with Crippen LogP contribution in [0.15, 0.2) is 169 Å². The van der Waals surface area contributed by atoms with Gasteiger partial charge in [0.25, 0.3) is 0 Å². The quantitative estimate of drug-likeness (QED) is 0.144. The minimum absolute atomic E-state index is 0.307. The van der Waals surface area contributed by atoms with Crippen LogP contribution in [-0.2, 0) is 0 Å². The summed E-state index contributed by atoms with van der Waals surface area (Å²) in [6.45, 7) is 0. The first kappa shape index (κ1) is 10.2. The number of fused-ring (bicyclic) bond motifs is 6. The lowest BCUT2D eigenvalue weighted by Gasteiger charge is -2.19. The van der Waals surface area contributed by atoms with E-state index < -0.39 is 239 Å². The summed E-state index contributed by atoms with van der Waals surface area (Å²) >= 11 is 0. The Morgan fingerprint density at radius 2 is 0.841 bits per heavy atom. The molecule has 9 aromatic carbocycles. The molecule has 0 heterocycles. The van der Waals surface area contributed by atoms with Gasteiger partial charge in [-0.05, 0) is 99.3 Å². The Hall–Kier alpha value is -5.72. The zero-order chi connectivity index (χ0) is 51.7. The molecule has 9 rings (SSSR count). The maximum absolute atomic E-state index is 9.82. The maximum atomic E-state index is 9.82. The normalized spacial score (nSPS) is 19.9. The summed E-state index contributed by atoms with van der Waals surface area (Å²) in [4.78, 5) is 0. The highest BCUT2D eigenvalue weighted by Crippen LogP contribution is 2.45. The Kier molecular flexibility index (Phi) is 2.30. The molecule has 0 aliphatic carbocycles. The Morgan fingerprint density at radius 1 is 0.295 bits per heavy atom. The fraction of sp³-hybridized carbons (Fsp3) is 0. The Labute approximate surface area is 293 Å². The van der Waals surface area contributed by atoms with Crippen molar-refractivity contribution in [2.75, 3.05) is 0 Å². The van der Waals surface area contributed by atoms with Crippen LogP contribution in [0.3, 0.4) is 0 Å². The average molecular weight is 583 g/mol. The molecule has 0 spiro atoms. The van der Waals surface area contributed by atoms with Crippen LogP contribution in [0.1, 0.15) is 35.6 Å². The third-order valence-electron chi connectivity index (χ3n) is 7.28. The standard InChI is InChI=1S/C44H28/c1-4-17-36-29(11-1)13-10-22-38(36)44-41-20-7-5-18-39(41)43(40-19-6-8-21-42(40)44)34-15-9-14-31(28-34)32-25-26-37-33(27-32)24-23-30-12-2-3-16-35(30)37/h1-28H/i1D,2D,3D,4D,5D,6D,7D,8D,9D,10D,11D,12D,13D,14D,15D,16D,18D,20D,21D,22D,23D,24D,25D,26D,27D,28D. The predicted molar refractivity (Wildman–Crippen MR) is 190 cm³/mol. The van der Waals surface area contributed by atoms with E-state index in [-0.39, 0.29) is 5.39 Å². The number of hydrogen-bond acceptors (Lipinski definition) is 0. The van der Waals surface area contributed by atoms with Gasteiger partial charge >= 0.3 is 0 Å². The molecule has 0 bridgehead atoms. The van der Waals surface area contributed by atoms with Crippen LogP contribution in [0.4, 0.5) is 0 Å². The van der Waals surface area contributed by atoms with Crippen molar-refractivity contribution in [1.29, 1.82) is 0 Å². The molecule has 0 amide bonds. The summed E-state index contributed by atoms with van der Waals surface area (Å²) in [5, 5.41) is -4.92. The largest absolute Gasteiger partial charge is 0.0636 e. The maximum Gasteiger partial charge on any atom is 0.0636 e. The van der Waals surface area contributed by atoms with Gasteiger partial charge in [0.2, 0.25) is 0 Å². The summed E-state index contributed by atoms with van der Waals surface area (Å²) in [7, 11) is 0. The van der Waals surface area contributed by atoms with Gasteiger partial charge in [-0.25, -0.2) is 0 Å². The second-order valence-corrected chi connectivity index (χ2v) is 9.65. The van der Waals surface area contributed by atoms with Crippen molar-refractivity contribution in [3.63, 3.8) is 0 Å². The monoisotopic (exact) mass is 582 g/mol. The highest BCUT2D eigenvalue weighted by atomic mass is 14.2. The van der Waals surface area contributed by atoms with E-state index in [1.807, 2.05) is 0 Å². The third-order valence-corrected chi connectivity index (χ3v) is 7.28. The highest BCUT2D eigenvalue weighted by molar-refractivity contribution is 6.23. The fourth-order valence-electron chi connectivity index (χ4n) is 5.39. The van der Waals surface area contributed by atoms with Crippen molar-refractivity contribution >= 4 is 53.9 Å².